The molecule has 0 radical (unpaired) electrons. The average Bonchev–Trinajstić information content (AvgIpc) is 3.24. The number of aliphatic carboxylic acids is 1. The Kier molecular flexibility index (Phi) is 6.02. The predicted octanol–water partition coefficient (Wildman–Crippen LogP) is 2.76. The number of hydrogen-bond donors (Lipinski definition) is 3. The number of hydrazine groups is 1. The summed E-state index contributed by atoms with van der Waals surface area (Å²) < 4.78 is 1.30. The third-order valence-electron chi connectivity index (χ3n) is 5.64. The third-order valence-corrected chi connectivity index (χ3v) is 5.64. The van der Waals surface area contributed by atoms with Crippen molar-refractivity contribution in [3.05, 3.63) is 126 Å². The zero-order valence-electron chi connectivity index (χ0n) is 17.5. The summed E-state index contributed by atoms with van der Waals surface area (Å²) in [6, 6.07) is 28.0. The minimum atomic E-state index is -1.08. The lowest BCUT2D eigenvalue weighted by Gasteiger charge is -2.45. The summed E-state index contributed by atoms with van der Waals surface area (Å²) >= 11 is 0. The monoisotopic (exact) mass is 427 g/mol. The Bertz CT molecular complexity index is 1070. The first-order valence-electron chi connectivity index (χ1n) is 10.2. The molecule has 0 fully saturated rings. The van der Waals surface area contributed by atoms with E-state index in [1.165, 1.54) is 16.0 Å². The lowest BCUT2D eigenvalue weighted by molar-refractivity contribution is -0.145. The fourth-order valence-corrected chi connectivity index (χ4v) is 4.21. The fraction of sp³-hybridized carbons (Fsp3) is 0.120. The van der Waals surface area contributed by atoms with Crippen molar-refractivity contribution in [1.29, 1.82) is 0 Å². The van der Waals surface area contributed by atoms with Gasteiger partial charge in [0, 0.05) is 12.6 Å². The van der Waals surface area contributed by atoms with Gasteiger partial charge in [0.1, 0.15) is 17.9 Å². The Morgan fingerprint density at radius 1 is 0.906 bits per heavy atom. The van der Waals surface area contributed by atoms with Gasteiger partial charge in [-0.1, -0.05) is 91.0 Å². The van der Waals surface area contributed by atoms with E-state index >= 15 is 0 Å². The first-order valence-corrected chi connectivity index (χ1v) is 10.2. The van der Waals surface area contributed by atoms with E-state index in [1.54, 1.807) is 6.20 Å². The molecule has 1 heterocycles. The summed E-state index contributed by atoms with van der Waals surface area (Å²) in [6.07, 6.45) is 3.12. The lowest BCUT2D eigenvalue weighted by Crippen LogP contribution is -2.60. The average molecular weight is 428 g/mol. The van der Waals surface area contributed by atoms with Crippen molar-refractivity contribution < 1.29 is 9.90 Å². The van der Waals surface area contributed by atoms with Crippen LogP contribution in [-0.4, -0.2) is 31.8 Å². The second-order valence-electron chi connectivity index (χ2n) is 7.59. The van der Waals surface area contributed by atoms with Gasteiger partial charge in [0.2, 0.25) is 0 Å². The van der Waals surface area contributed by atoms with E-state index in [-0.39, 0.29) is 6.42 Å². The highest BCUT2D eigenvalue weighted by atomic mass is 16.4. The molecule has 32 heavy (non-hydrogen) atoms. The number of nitrogen functional groups attached to an aromatic ring is 1. The van der Waals surface area contributed by atoms with Gasteiger partial charge in [0.25, 0.3) is 0 Å². The SMILES string of the molecule is NN(C(Cc1cn(N)cn1)C(=O)O)C(c1ccccc1)(c1ccccc1)c1ccccc1. The topological polar surface area (TPSA) is 110 Å². The number of nitrogens with zero attached hydrogens (tertiary/aromatic N) is 3. The Morgan fingerprint density at radius 3 is 1.69 bits per heavy atom. The van der Waals surface area contributed by atoms with Crippen molar-refractivity contribution in [3.63, 3.8) is 0 Å². The van der Waals surface area contributed by atoms with E-state index < -0.39 is 17.6 Å². The second kappa shape index (κ2) is 9.05. The van der Waals surface area contributed by atoms with Crippen LogP contribution in [0.15, 0.2) is 104 Å². The maximum atomic E-state index is 12.5. The molecule has 0 bridgehead atoms. The molecule has 0 amide bonds. The van der Waals surface area contributed by atoms with Gasteiger partial charge in [-0.05, 0) is 16.7 Å². The molecule has 1 unspecified atom stereocenters. The number of imidazole rings is 1. The van der Waals surface area contributed by atoms with Crippen molar-refractivity contribution in [2.75, 3.05) is 5.84 Å². The van der Waals surface area contributed by atoms with Crippen LogP contribution < -0.4 is 11.7 Å². The van der Waals surface area contributed by atoms with E-state index in [0.717, 1.165) is 16.7 Å². The van der Waals surface area contributed by atoms with Gasteiger partial charge >= 0.3 is 5.97 Å². The van der Waals surface area contributed by atoms with Gasteiger partial charge < -0.3 is 10.9 Å². The van der Waals surface area contributed by atoms with Crippen LogP contribution in [0.5, 0.6) is 0 Å². The van der Waals surface area contributed by atoms with Crippen LogP contribution in [0, 0.1) is 0 Å². The number of aromatic nitrogens is 2. The zero-order valence-corrected chi connectivity index (χ0v) is 17.5. The number of rotatable bonds is 8. The van der Waals surface area contributed by atoms with Crippen molar-refractivity contribution in [1.82, 2.24) is 14.7 Å². The molecule has 7 heteroatoms. The molecule has 0 saturated heterocycles. The number of carbonyl (C=O) groups is 1. The van der Waals surface area contributed by atoms with E-state index in [9.17, 15) is 9.90 Å². The minimum Gasteiger partial charge on any atom is -0.480 e. The molecule has 0 aliphatic rings. The number of nitrogens with two attached hydrogens (primary N) is 2. The second-order valence-corrected chi connectivity index (χ2v) is 7.59. The molecule has 3 aromatic carbocycles. The highest BCUT2D eigenvalue weighted by Gasteiger charge is 2.46. The summed E-state index contributed by atoms with van der Waals surface area (Å²) in [6.45, 7) is 0. The van der Waals surface area contributed by atoms with Crippen LogP contribution >= 0.6 is 0 Å². The molecule has 1 atom stereocenters. The maximum absolute atomic E-state index is 12.5. The van der Waals surface area contributed by atoms with Crippen LogP contribution in [0.4, 0.5) is 0 Å². The normalized spacial score (nSPS) is 12.6. The Morgan fingerprint density at radius 2 is 1.34 bits per heavy atom. The highest BCUT2D eigenvalue weighted by Crippen LogP contribution is 2.42. The van der Waals surface area contributed by atoms with Crippen molar-refractivity contribution >= 4 is 5.97 Å². The molecule has 0 spiro atoms. The van der Waals surface area contributed by atoms with Gasteiger partial charge in [0.05, 0.1) is 5.69 Å². The molecule has 0 aliphatic heterocycles. The summed E-state index contributed by atoms with van der Waals surface area (Å²) in [7, 11) is 0. The number of carboxylic acids is 1. The smallest absolute Gasteiger partial charge is 0.322 e. The summed E-state index contributed by atoms with van der Waals surface area (Å²) in [4.78, 5) is 16.7. The van der Waals surface area contributed by atoms with Crippen molar-refractivity contribution in [2.45, 2.75) is 18.0 Å². The maximum Gasteiger partial charge on any atom is 0.322 e. The first-order chi connectivity index (χ1) is 15.5. The summed E-state index contributed by atoms with van der Waals surface area (Å²) in [5, 5.41) is 11.7. The van der Waals surface area contributed by atoms with Crippen LogP contribution in [0.25, 0.3) is 0 Å². The zero-order chi connectivity index (χ0) is 22.6. The van der Waals surface area contributed by atoms with Gasteiger partial charge in [-0.15, -0.1) is 0 Å². The van der Waals surface area contributed by atoms with Crippen molar-refractivity contribution in [3.8, 4) is 0 Å². The number of hydrogen-bond acceptors (Lipinski definition) is 5. The third kappa shape index (κ3) is 3.87. The van der Waals surface area contributed by atoms with Gasteiger partial charge in [-0.3, -0.25) is 15.3 Å². The van der Waals surface area contributed by atoms with Crippen LogP contribution in [0.2, 0.25) is 0 Å². The Labute approximate surface area is 186 Å². The van der Waals surface area contributed by atoms with E-state index in [4.69, 9.17) is 11.7 Å². The Balaban J connectivity index is 1.96. The highest BCUT2D eigenvalue weighted by molar-refractivity contribution is 5.74. The van der Waals surface area contributed by atoms with Crippen LogP contribution in [0.1, 0.15) is 22.4 Å². The van der Waals surface area contributed by atoms with Gasteiger partial charge in [-0.25, -0.2) is 9.99 Å². The summed E-state index contributed by atoms with van der Waals surface area (Å²) in [5.74, 6) is 11.5. The van der Waals surface area contributed by atoms with Gasteiger partial charge in [-0.2, -0.15) is 0 Å². The first kappa shape index (κ1) is 21.3. The molecular formula is C25H25N5O2. The molecule has 162 valence electrons. The van der Waals surface area contributed by atoms with Crippen LogP contribution in [0.3, 0.4) is 0 Å². The molecule has 4 rings (SSSR count). The fourth-order valence-electron chi connectivity index (χ4n) is 4.21. The number of carboxylic acid groups (broad SMARTS) is 1. The molecular weight excluding hydrogens is 402 g/mol. The van der Waals surface area contributed by atoms with Crippen LogP contribution in [-0.2, 0) is 16.8 Å². The molecule has 0 aliphatic carbocycles. The quantitative estimate of drug-likeness (QED) is 0.227. The van der Waals surface area contributed by atoms with E-state index in [0.29, 0.717) is 5.69 Å². The van der Waals surface area contributed by atoms with E-state index in [1.807, 2.05) is 91.0 Å². The molecule has 4 aromatic rings. The van der Waals surface area contributed by atoms with E-state index in [2.05, 4.69) is 4.98 Å². The lowest BCUT2D eigenvalue weighted by atomic mass is 9.75. The molecule has 7 nitrogen and oxygen atoms in total. The predicted molar refractivity (Wildman–Crippen MR) is 123 cm³/mol. The van der Waals surface area contributed by atoms with Crippen molar-refractivity contribution in [2.24, 2.45) is 5.84 Å². The number of benzene rings is 3. The summed E-state index contributed by atoms with van der Waals surface area (Å²) in [5.41, 5.74) is 2.05. The Hall–Kier alpha value is -3.94. The molecule has 1 aromatic heterocycles. The standard InChI is InChI=1S/C25H25N5O2/c26-29-17-22(28-18-29)16-23(24(31)32)30(27)25(19-10-4-1-5-11-19,20-12-6-2-7-13-20)21-14-8-3-9-15-21/h1-15,17-18,23H,16,26-27H2,(H,31,32). The minimum absolute atomic E-state index is 0.0876. The van der Waals surface area contributed by atoms with Gasteiger partial charge in [0.15, 0.2) is 0 Å². The largest absolute Gasteiger partial charge is 0.480 e. The molecule has 5 N–H and O–H groups in total. The molecule has 0 saturated carbocycles.